The van der Waals surface area contributed by atoms with Crippen LogP contribution >= 0.6 is 0 Å². The van der Waals surface area contributed by atoms with Crippen LogP contribution in [0, 0.1) is 0 Å². The number of ether oxygens (including phenoxy) is 2. The van der Waals surface area contributed by atoms with Crippen molar-refractivity contribution in [2.75, 3.05) is 0 Å². The van der Waals surface area contributed by atoms with Crippen molar-refractivity contribution in [3.8, 4) is 0 Å². The Bertz CT molecular complexity index is 389. The van der Waals surface area contributed by atoms with Gasteiger partial charge >= 0.3 is 11.9 Å². The van der Waals surface area contributed by atoms with Crippen molar-refractivity contribution in [1.29, 1.82) is 0 Å². The largest absolute Gasteiger partial charge is 0.448 e. The summed E-state index contributed by atoms with van der Waals surface area (Å²) in [6, 6.07) is 0. The maximum atomic E-state index is 11.3. The highest BCUT2D eigenvalue weighted by Crippen LogP contribution is 2.15. The molecule has 0 amide bonds. The van der Waals surface area contributed by atoms with Gasteiger partial charge < -0.3 is 9.47 Å². The zero-order valence-corrected chi connectivity index (χ0v) is 8.08. The molecule has 1 saturated heterocycles. The van der Waals surface area contributed by atoms with Crippen LogP contribution in [0.2, 0.25) is 0 Å². The lowest BCUT2D eigenvalue weighted by Crippen LogP contribution is -2.47. The van der Waals surface area contributed by atoms with Gasteiger partial charge in [0.15, 0.2) is 6.10 Å². The van der Waals surface area contributed by atoms with Gasteiger partial charge in [0.2, 0.25) is 24.4 Å². The molecule has 0 aromatic rings. The van der Waals surface area contributed by atoms with Crippen molar-refractivity contribution in [2.24, 2.45) is 9.98 Å². The number of carbonyl (C=O) groups excluding carboxylic acids is 4. The third-order valence-corrected chi connectivity index (χ3v) is 1.74. The summed E-state index contributed by atoms with van der Waals surface area (Å²) in [7, 11) is 0. The van der Waals surface area contributed by atoms with E-state index in [0.717, 1.165) is 12.2 Å². The zero-order valence-electron chi connectivity index (χ0n) is 8.08. The summed E-state index contributed by atoms with van der Waals surface area (Å²) in [5, 5.41) is 0. The third-order valence-electron chi connectivity index (χ3n) is 1.74. The SMILES string of the molecule is CC1OC(=O)C(C(N=C=O)N=C=O)OC1=O. The van der Waals surface area contributed by atoms with Crippen LogP contribution in [0.25, 0.3) is 0 Å². The van der Waals surface area contributed by atoms with Crippen LogP contribution < -0.4 is 0 Å². The molecule has 8 nitrogen and oxygen atoms in total. The fraction of sp³-hybridized carbons (Fsp3) is 0.500. The summed E-state index contributed by atoms with van der Waals surface area (Å²) in [6.07, 6.45) is -1.89. The number of aliphatic imine (C=N–C) groups is 2. The highest BCUT2D eigenvalue weighted by atomic mass is 16.6. The average molecular weight is 226 g/mol. The van der Waals surface area contributed by atoms with E-state index in [2.05, 4.69) is 19.5 Å². The number of hydrogen-bond donors (Lipinski definition) is 0. The Balaban J connectivity index is 2.92. The Hall–Kier alpha value is -2.30. The first kappa shape index (κ1) is 11.8. The number of esters is 2. The van der Waals surface area contributed by atoms with Crippen LogP contribution in [0.15, 0.2) is 9.98 Å². The summed E-state index contributed by atoms with van der Waals surface area (Å²) in [5.41, 5.74) is 0. The topological polar surface area (TPSA) is 111 Å². The van der Waals surface area contributed by atoms with E-state index in [1.807, 2.05) is 0 Å². The summed E-state index contributed by atoms with van der Waals surface area (Å²) in [4.78, 5) is 48.4. The third kappa shape index (κ3) is 2.38. The number of cyclic esters (lactones) is 2. The molecule has 1 heterocycles. The molecule has 2 atom stereocenters. The first-order chi connectivity index (χ1) is 7.60. The lowest BCUT2D eigenvalue weighted by Gasteiger charge is -2.26. The molecule has 0 spiro atoms. The fourth-order valence-corrected chi connectivity index (χ4v) is 1.01. The van der Waals surface area contributed by atoms with Gasteiger partial charge in [-0.1, -0.05) is 0 Å². The van der Waals surface area contributed by atoms with Gasteiger partial charge in [0.25, 0.3) is 0 Å². The molecule has 2 unspecified atom stereocenters. The van der Waals surface area contributed by atoms with E-state index < -0.39 is 30.3 Å². The summed E-state index contributed by atoms with van der Waals surface area (Å²) >= 11 is 0. The Morgan fingerprint density at radius 2 is 1.69 bits per heavy atom. The Morgan fingerprint density at radius 1 is 1.12 bits per heavy atom. The van der Waals surface area contributed by atoms with Crippen LogP contribution in [0.4, 0.5) is 0 Å². The van der Waals surface area contributed by atoms with E-state index in [4.69, 9.17) is 0 Å². The van der Waals surface area contributed by atoms with Gasteiger partial charge in [-0.05, 0) is 6.92 Å². The molecule has 16 heavy (non-hydrogen) atoms. The Morgan fingerprint density at radius 3 is 2.19 bits per heavy atom. The van der Waals surface area contributed by atoms with Gasteiger partial charge in [-0.15, -0.1) is 0 Å². The molecule has 0 radical (unpaired) electrons. The molecule has 0 aromatic heterocycles. The van der Waals surface area contributed by atoms with Crippen molar-refractivity contribution in [1.82, 2.24) is 0 Å². The lowest BCUT2D eigenvalue weighted by atomic mass is 10.2. The van der Waals surface area contributed by atoms with Crippen molar-refractivity contribution in [2.45, 2.75) is 25.3 Å². The molecule has 0 N–H and O–H groups in total. The molecular formula is C8H6N2O6. The molecule has 0 saturated carbocycles. The minimum absolute atomic E-state index is 0.809. The maximum Gasteiger partial charge on any atom is 0.352 e. The second-order valence-corrected chi connectivity index (χ2v) is 2.79. The molecule has 0 bridgehead atoms. The fourth-order valence-electron chi connectivity index (χ4n) is 1.01. The monoisotopic (exact) mass is 226 g/mol. The van der Waals surface area contributed by atoms with E-state index in [-0.39, 0.29) is 0 Å². The Kier molecular flexibility index (Phi) is 3.66. The molecule has 0 aromatic carbocycles. The molecule has 1 rings (SSSR count). The molecule has 1 fully saturated rings. The minimum Gasteiger partial charge on any atom is -0.448 e. The summed E-state index contributed by atoms with van der Waals surface area (Å²) < 4.78 is 9.21. The van der Waals surface area contributed by atoms with Gasteiger partial charge in [0.1, 0.15) is 0 Å². The van der Waals surface area contributed by atoms with Crippen LogP contribution in [0.1, 0.15) is 6.92 Å². The van der Waals surface area contributed by atoms with Crippen molar-refractivity contribution >= 4 is 24.1 Å². The summed E-state index contributed by atoms with van der Waals surface area (Å²) in [5.74, 6) is -1.74. The van der Waals surface area contributed by atoms with Crippen LogP contribution in [0.3, 0.4) is 0 Å². The number of nitrogens with zero attached hydrogens (tertiary/aromatic N) is 2. The van der Waals surface area contributed by atoms with E-state index in [0.29, 0.717) is 0 Å². The molecular weight excluding hydrogens is 220 g/mol. The minimum atomic E-state index is -1.55. The molecule has 1 aliphatic rings. The van der Waals surface area contributed by atoms with E-state index in [1.165, 1.54) is 6.92 Å². The highest BCUT2D eigenvalue weighted by molar-refractivity contribution is 5.87. The normalized spacial score (nSPS) is 25.6. The van der Waals surface area contributed by atoms with Crippen LogP contribution in [-0.2, 0) is 28.7 Å². The number of hydrogen-bond acceptors (Lipinski definition) is 8. The lowest BCUT2D eigenvalue weighted by molar-refractivity contribution is -0.194. The number of carbonyl (C=O) groups is 2. The smallest absolute Gasteiger partial charge is 0.352 e. The van der Waals surface area contributed by atoms with Gasteiger partial charge in [0.05, 0.1) is 0 Å². The molecule has 84 valence electrons. The first-order valence-electron chi connectivity index (χ1n) is 4.15. The maximum absolute atomic E-state index is 11.3. The molecule has 8 heteroatoms. The highest BCUT2D eigenvalue weighted by Gasteiger charge is 2.41. The van der Waals surface area contributed by atoms with E-state index in [9.17, 15) is 19.2 Å². The standard InChI is InChI=1S/C8H6N2O6/c1-4-7(13)16-5(8(14)15-4)6(9-2-11)10-3-12/h4-6H,1H3. The first-order valence-corrected chi connectivity index (χ1v) is 4.15. The quantitative estimate of drug-likeness (QED) is 0.341. The summed E-state index contributed by atoms with van der Waals surface area (Å²) in [6.45, 7) is 1.32. The van der Waals surface area contributed by atoms with Gasteiger partial charge in [-0.25, -0.2) is 19.2 Å². The Labute approximate surface area is 89.0 Å². The number of isocyanates is 2. The van der Waals surface area contributed by atoms with E-state index >= 15 is 0 Å². The second kappa shape index (κ2) is 4.97. The second-order valence-electron chi connectivity index (χ2n) is 2.79. The molecule has 1 aliphatic heterocycles. The predicted molar refractivity (Wildman–Crippen MR) is 45.5 cm³/mol. The molecule has 0 aliphatic carbocycles. The van der Waals surface area contributed by atoms with Crippen LogP contribution in [-0.4, -0.2) is 42.5 Å². The average Bonchev–Trinajstić information content (AvgIpc) is 2.23. The zero-order chi connectivity index (χ0) is 12.1. The van der Waals surface area contributed by atoms with Gasteiger partial charge in [-0.3, -0.25) is 0 Å². The van der Waals surface area contributed by atoms with Gasteiger partial charge in [-0.2, -0.15) is 9.98 Å². The van der Waals surface area contributed by atoms with Crippen LogP contribution in [0.5, 0.6) is 0 Å². The van der Waals surface area contributed by atoms with E-state index in [1.54, 1.807) is 0 Å². The van der Waals surface area contributed by atoms with Gasteiger partial charge in [0, 0.05) is 0 Å². The number of rotatable bonds is 3. The van der Waals surface area contributed by atoms with Crippen molar-refractivity contribution < 1.29 is 28.7 Å². The van der Waals surface area contributed by atoms with Crippen molar-refractivity contribution in [3.63, 3.8) is 0 Å². The van der Waals surface area contributed by atoms with Crippen molar-refractivity contribution in [3.05, 3.63) is 0 Å². The predicted octanol–water partition coefficient (Wildman–Crippen LogP) is -1.16.